The molecule has 0 saturated carbocycles. The van der Waals surface area contributed by atoms with Crippen LogP contribution in [0.25, 0.3) is 5.08 Å². The average Bonchev–Trinajstić information content (AvgIpc) is 2.51. The van der Waals surface area contributed by atoms with Gasteiger partial charge in [-0.1, -0.05) is 12.1 Å². The molecule has 0 bridgehead atoms. The van der Waals surface area contributed by atoms with Gasteiger partial charge in [-0.15, -0.1) is 0 Å². The summed E-state index contributed by atoms with van der Waals surface area (Å²) in [5, 5.41) is 11.9. The summed E-state index contributed by atoms with van der Waals surface area (Å²) in [4.78, 5) is 34.2. The highest BCUT2D eigenvalue weighted by atomic mass is 16.2. The molecular formula is C10H9N4O3+. The summed E-state index contributed by atoms with van der Waals surface area (Å²) in [5.41, 5.74) is 0.282. The fourth-order valence-corrected chi connectivity index (χ4v) is 1.65. The molecule has 1 aliphatic rings. The van der Waals surface area contributed by atoms with Crippen molar-refractivity contribution in [3.05, 3.63) is 34.4 Å². The lowest BCUT2D eigenvalue weighted by atomic mass is 10.0. The zero-order valence-corrected chi connectivity index (χ0v) is 9.01. The Bertz CT molecular complexity index is 573. The van der Waals surface area contributed by atoms with Crippen LogP contribution in [-0.2, 0) is 4.79 Å². The van der Waals surface area contributed by atoms with E-state index in [1.54, 1.807) is 0 Å². The smallest absolute Gasteiger partial charge is 0.344 e. The number of rotatable bonds is 1. The van der Waals surface area contributed by atoms with E-state index in [4.69, 9.17) is 5.39 Å². The number of benzene rings is 1. The molecule has 3 N–H and O–H groups in total. The minimum Gasteiger partial charge on any atom is -0.344 e. The Morgan fingerprint density at radius 2 is 2.00 bits per heavy atom. The maximum absolute atomic E-state index is 11.6. The number of Topliss-reactive ketones (excluding diaryl/α,β-unsaturated/α-hetero) is 2. The first kappa shape index (κ1) is 12.5. The Morgan fingerprint density at radius 1 is 1.35 bits per heavy atom. The fourth-order valence-electron chi connectivity index (χ4n) is 1.65. The highest BCUT2D eigenvalue weighted by Crippen LogP contribution is 2.31. The van der Waals surface area contributed by atoms with Crippen molar-refractivity contribution in [1.82, 2.24) is 6.15 Å². The molecule has 0 spiro atoms. The van der Waals surface area contributed by atoms with Crippen molar-refractivity contribution in [1.29, 1.82) is 5.39 Å². The van der Waals surface area contributed by atoms with Gasteiger partial charge in [0, 0.05) is 5.56 Å². The van der Waals surface area contributed by atoms with Gasteiger partial charge in [0.25, 0.3) is 11.2 Å². The molecule has 0 radical (unpaired) electrons. The van der Waals surface area contributed by atoms with E-state index in [9.17, 15) is 14.4 Å². The summed E-state index contributed by atoms with van der Waals surface area (Å²) >= 11 is 0. The molecule has 17 heavy (non-hydrogen) atoms. The van der Waals surface area contributed by atoms with E-state index >= 15 is 0 Å². The third-order valence-corrected chi connectivity index (χ3v) is 2.35. The Hall–Kier alpha value is -2.59. The quantitative estimate of drug-likeness (QED) is 0.446. The van der Waals surface area contributed by atoms with Gasteiger partial charge in [0.15, 0.2) is 5.78 Å². The topological polar surface area (TPSA) is 118 Å². The summed E-state index contributed by atoms with van der Waals surface area (Å²) in [5.74, 6) is -2.12. The third kappa shape index (κ3) is 1.56. The Balaban J connectivity index is 0.00000144. The van der Waals surface area contributed by atoms with Crippen LogP contribution in [0.15, 0.2) is 18.2 Å². The molecule has 0 atom stereocenters. The van der Waals surface area contributed by atoms with Crippen LogP contribution in [0.1, 0.15) is 27.6 Å². The maximum Gasteiger partial charge on any atom is 0.375 e. The number of hydrogen-bond donors (Lipinski definition) is 1. The molecule has 1 aliphatic heterocycles. The number of hydrogen-bond acceptors (Lipinski definition) is 5. The molecule has 1 aromatic carbocycles. The van der Waals surface area contributed by atoms with E-state index in [0.717, 1.165) is 0 Å². The lowest BCUT2D eigenvalue weighted by Gasteiger charge is -1.99. The summed E-state index contributed by atoms with van der Waals surface area (Å²) in [7, 11) is 0. The van der Waals surface area contributed by atoms with E-state index in [1.165, 1.54) is 25.1 Å². The van der Waals surface area contributed by atoms with Crippen molar-refractivity contribution in [3.63, 3.8) is 0 Å². The first-order chi connectivity index (χ1) is 7.57. The first-order valence-electron chi connectivity index (χ1n) is 4.45. The van der Waals surface area contributed by atoms with Gasteiger partial charge in [0.2, 0.25) is 0 Å². The summed E-state index contributed by atoms with van der Waals surface area (Å²) in [6.07, 6.45) is 0. The number of diazo groups is 1. The van der Waals surface area contributed by atoms with Gasteiger partial charge in [0.1, 0.15) is 5.69 Å². The molecule has 1 aromatic rings. The van der Waals surface area contributed by atoms with Crippen molar-refractivity contribution in [3.8, 4) is 0 Å². The predicted molar refractivity (Wildman–Crippen MR) is 58.4 cm³/mol. The van der Waals surface area contributed by atoms with E-state index in [-0.39, 0.29) is 28.7 Å². The molecule has 0 fully saturated rings. The van der Waals surface area contributed by atoms with Gasteiger partial charge in [-0.2, -0.15) is 0 Å². The average molecular weight is 233 g/mol. The number of nitrogens with zero attached hydrogens (tertiary/aromatic N) is 3. The normalized spacial score (nSPS) is 12.8. The lowest BCUT2D eigenvalue weighted by molar-refractivity contribution is -0.113. The maximum atomic E-state index is 11.6. The van der Waals surface area contributed by atoms with E-state index in [2.05, 4.69) is 5.08 Å². The van der Waals surface area contributed by atoms with E-state index in [1.807, 2.05) is 0 Å². The van der Waals surface area contributed by atoms with Crippen LogP contribution in [0, 0.1) is 5.39 Å². The van der Waals surface area contributed by atoms with Gasteiger partial charge in [-0.05, 0) is 13.0 Å². The van der Waals surface area contributed by atoms with Crippen molar-refractivity contribution in [2.75, 3.05) is 5.01 Å². The van der Waals surface area contributed by atoms with Crippen LogP contribution < -0.4 is 11.2 Å². The minimum absolute atomic E-state index is 0. The summed E-state index contributed by atoms with van der Waals surface area (Å²) < 4.78 is 0. The van der Waals surface area contributed by atoms with Crippen LogP contribution in [0.3, 0.4) is 0 Å². The number of amides is 1. The number of anilines is 1. The van der Waals surface area contributed by atoms with Gasteiger partial charge in [-0.25, -0.2) is 0 Å². The second-order valence-corrected chi connectivity index (χ2v) is 3.29. The van der Waals surface area contributed by atoms with Crippen LogP contribution in [0.4, 0.5) is 5.69 Å². The van der Waals surface area contributed by atoms with Gasteiger partial charge >= 0.3 is 11.0 Å². The van der Waals surface area contributed by atoms with Crippen molar-refractivity contribution in [2.45, 2.75) is 6.92 Å². The number of ketones is 2. The minimum atomic E-state index is -0.966. The fraction of sp³-hybridized carbons (Fsp3) is 0.100. The predicted octanol–water partition coefficient (Wildman–Crippen LogP) is 1.35. The zero-order valence-electron chi connectivity index (χ0n) is 9.01. The van der Waals surface area contributed by atoms with E-state index in [0.29, 0.717) is 5.01 Å². The standard InChI is InChI=1S/C10H6N3O3.H3N/c1-5(14)6-3-2-4-7-8(6)9(15)10(16)13(7)12-11;/h2-4H,1H3;1H3/q+1;. The molecule has 0 aliphatic carbocycles. The first-order valence-corrected chi connectivity index (χ1v) is 4.45. The Morgan fingerprint density at radius 3 is 2.53 bits per heavy atom. The third-order valence-electron chi connectivity index (χ3n) is 2.35. The van der Waals surface area contributed by atoms with Gasteiger partial charge in [-0.3, -0.25) is 14.4 Å². The van der Waals surface area contributed by atoms with Crippen LogP contribution in [0.2, 0.25) is 0 Å². The molecule has 0 aromatic heterocycles. The molecule has 7 heteroatoms. The number of carbonyl (C=O) groups excluding carboxylic acids is 3. The van der Waals surface area contributed by atoms with Crippen LogP contribution in [-0.4, -0.2) is 17.5 Å². The zero-order chi connectivity index (χ0) is 11.9. The van der Waals surface area contributed by atoms with Gasteiger partial charge < -0.3 is 6.15 Å². The van der Waals surface area contributed by atoms with Crippen molar-refractivity contribution in [2.24, 2.45) is 0 Å². The molecule has 1 amide bonds. The monoisotopic (exact) mass is 233 g/mol. The van der Waals surface area contributed by atoms with E-state index < -0.39 is 11.7 Å². The van der Waals surface area contributed by atoms with Crippen molar-refractivity contribution < 1.29 is 14.4 Å². The SMILES string of the molecule is CC(=O)c1cccc2c1C(=O)C(=O)N2[N+]#N.N. The lowest BCUT2D eigenvalue weighted by Crippen LogP contribution is -2.22. The van der Waals surface area contributed by atoms with Crippen molar-refractivity contribution >= 4 is 23.2 Å². The van der Waals surface area contributed by atoms with Gasteiger partial charge in [0.05, 0.1) is 10.6 Å². The summed E-state index contributed by atoms with van der Waals surface area (Å²) in [6.45, 7) is 1.30. The molecule has 7 nitrogen and oxygen atoms in total. The largest absolute Gasteiger partial charge is 0.375 e. The molecule has 0 unspecified atom stereocenters. The highest BCUT2D eigenvalue weighted by Gasteiger charge is 2.46. The van der Waals surface area contributed by atoms with Crippen LogP contribution in [0.5, 0.6) is 0 Å². The Kier molecular flexibility index (Phi) is 3.02. The summed E-state index contributed by atoms with van der Waals surface area (Å²) in [6, 6.07) is 4.40. The van der Waals surface area contributed by atoms with Crippen LogP contribution >= 0.6 is 0 Å². The molecule has 86 valence electrons. The highest BCUT2D eigenvalue weighted by molar-refractivity contribution is 6.53. The second-order valence-electron chi connectivity index (χ2n) is 3.29. The number of carbonyl (C=O) groups is 3. The number of fused-ring (bicyclic) bond motifs is 1. The molecule has 2 rings (SSSR count). The molecule has 0 saturated heterocycles. The second kappa shape index (κ2) is 4.11. The molecule has 1 heterocycles. The Labute approximate surface area is 96.2 Å². The molecular weight excluding hydrogens is 224 g/mol.